The van der Waals surface area contributed by atoms with Crippen molar-refractivity contribution in [3.63, 3.8) is 0 Å². The lowest BCUT2D eigenvalue weighted by Gasteiger charge is -2.44. The molecule has 2 aromatic heterocycles. The Morgan fingerprint density at radius 2 is 1.81 bits per heavy atom. The third-order valence-electron chi connectivity index (χ3n) is 10.1. The van der Waals surface area contributed by atoms with E-state index in [-0.39, 0.29) is 34.1 Å². The SMILES string of the molecule is Oc1cc(-c2ncc3c(N4CCC5(CC4)CNCCO5)nc(OCC45CCCN4CCC5)nc3c2F)c2ccccc2c1. The highest BCUT2D eigenvalue weighted by Crippen LogP contribution is 2.41. The van der Waals surface area contributed by atoms with Crippen LogP contribution in [0.15, 0.2) is 42.6 Å². The van der Waals surface area contributed by atoms with Crippen LogP contribution in [0.5, 0.6) is 11.8 Å². The number of piperidine rings is 1. The zero-order valence-corrected chi connectivity index (χ0v) is 24.3. The van der Waals surface area contributed by atoms with Crippen LogP contribution in [0.25, 0.3) is 32.9 Å². The highest BCUT2D eigenvalue weighted by Gasteiger charge is 2.45. The maximum absolute atomic E-state index is 16.6. The molecule has 4 saturated heterocycles. The van der Waals surface area contributed by atoms with Crippen LogP contribution in [-0.2, 0) is 4.74 Å². The van der Waals surface area contributed by atoms with Crippen LogP contribution in [0.3, 0.4) is 0 Å². The zero-order chi connectivity index (χ0) is 29.0. The number of aromatic nitrogens is 3. The minimum Gasteiger partial charge on any atom is -0.508 e. The summed E-state index contributed by atoms with van der Waals surface area (Å²) in [5.74, 6) is 0.155. The predicted octanol–water partition coefficient (Wildman–Crippen LogP) is 4.66. The topological polar surface area (TPSA) is 95.9 Å². The molecule has 0 aliphatic carbocycles. The molecule has 0 saturated carbocycles. The van der Waals surface area contributed by atoms with E-state index in [4.69, 9.17) is 14.5 Å². The summed E-state index contributed by atoms with van der Waals surface area (Å²) in [7, 11) is 0. The van der Waals surface area contributed by atoms with Gasteiger partial charge in [-0.25, -0.2) is 4.39 Å². The lowest BCUT2D eigenvalue weighted by Crippen LogP contribution is -2.55. The van der Waals surface area contributed by atoms with Crippen molar-refractivity contribution >= 4 is 27.5 Å². The van der Waals surface area contributed by atoms with E-state index in [2.05, 4.69) is 25.1 Å². The van der Waals surface area contributed by atoms with Crippen molar-refractivity contribution in [1.82, 2.24) is 25.2 Å². The molecule has 0 atom stereocenters. The van der Waals surface area contributed by atoms with E-state index in [0.29, 0.717) is 23.4 Å². The molecule has 4 aliphatic rings. The molecule has 0 amide bonds. The average Bonchev–Trinajstić information content (AvgIpc) is 3.61. The van der Waals surface area contributed by atoms with Gasteiger partial charge in [-0.15, -0.1) is 0 Å². The van der Waals surface area contributed by atoms with Crippen molar-refractivity contribution in [2.24, 2.45) is 0 Å². The van der Waals surface area contributed by atoms with Gasteiger partial charge in [0.15, 0.2) is 5.82 Å². The van der Waals surface area contributed by atoms with Crippen LogP contribution in [0.4, 0.5) is 10.2 Å². The maximum Gasteiger partial charge on any atom is 0.319 e. The summed E-state index contributed by atoms with van der Waals surface area (Å²) in [5.41, 5.74) is 0.693. The minimum atomic E-state index is -0.545. The van der Waals surface area contributed by atoms with Gasteiger partial charge in [0, 0.05) is 37.9 Å². The van der Waals surface area contributed by atoms with Gasteiger partial charge in [0.05, 0.1) is 23.1 Å². The van der Waals surface area contributed by atoms with Crippen LogP contribution in [0.2, 0.25) is 0 Å². The van der Waals surface area contributed by atoms with Gasteiger partial charge in [-0.05, 0) is 74.5 Å². The van der Waals surface area contributed by atoms with E-state index in [9.17, 15) is 5.11 Å². The van der Waals surface area contributed by atoms with E-state index < -0.39 is 5.82 Å². The molecular formula is C33H37FN6O3. The first-order chi connectivity index (χ1) is 21.0. The van der Waals surface area contributed by atoms with Crippen molar-refractivity contribution in [2.75, 3.05) is 57.4 Å². The summed E-state index contributed by atoms with van der Waals surface area (Å²) in [5, 5.41) is 16.1. The number of nitrogens with zero attached hydrogens (tertiary/aromatic N) is 5. The second-order valence-electron chi connectivity index (χ2n) is 12.6. The van der Waals surface area contributed by atoms with Gasteiger partial charge in [0.2, 0.25) is 0 Å². The molecule has 4 aliphatic heterocycles. The summed E-state index contributed by atoms with van der Waals surface area (Å²) in [6.07, 6.45) is 7.91. The van der Waals surface area contributed by atoms with Crippen molar-refractivity contribution in [2.45, 2.75) is 49.7 Å². The number of ether oxygens (including phenoxy) is 2. The van der Waals surface area contributed by atoms with Crippen LogP contribution < -0.4 is 15.0 Å². The van der Waals surface area contributed by atoms with E-state index in [1.54, 1.807) is 18.3 Å². The lowest BCUT2D eigenvalue weighted by atomic mass is 9.90. The van der Waals surface area contributed by atoms with Crippen LogP contribution in [0, 0.1) is 5.82 Å². The fourth-order valence-corrected chi connectivity index (χ4v) is 7.82. The van der Waals surface area contributed by atoms with Gasteiger partial charge < -0.3 is 24.8 Å². The number of nitrogens with one attached hydrogen (secondary N) is 1. The maximum atomic E-state index is 16.6. The number of phenols is 1. The standard InChI is InChI=1S/C33H37FN6O3/c34-27-28(25-18-23(41)17-22-5-1-2-6-24(22)25)36-19-26-29(27)37-31(42-21-32-7-3-12-40(32)13-4-8-32)38-30(26)39-14-9-33(10-15-39)20-35-11-16-43-33/h1-2,5-6,17-19,35,41H,3-4,7-16,20-21H2. The Balaban J connectivity index is 1.21. The van der Waals surface area contributed by atoms with Crippen molar-refractivity contribution < 1.29 is 19.0 Å². The van der Waals surface area contributed by atoms with E-state index in [0.717, 1.165) is 82.3 Å². The third kappa shape index (κ3) is 4.67. The summed E-state index contributed by atoms with van der Waals surface area (Å²) in [6.45, 7) is 6.59. The second kappa shape index (κ2) is 10.5. The molecule has 0 bridgehead atoms. The fraction of sp³-hybridized carbons (Fsp3) is 0.485. The molecule has 43 heavy (non-hydrogen) atoms. The Labute approximate surface area is 250 Å². The van der Waals surface area contributed by atoms with E-state index in [1.807, 2.05) is 24.3 Å². The van der Waals surface area contributed by atoms with Gasteiger partial charge in [-0.3, -0.25) is 9.88 Å². The van der Waals surface area contributed by atoms with Gasteiger partial charge in [0.1, 0.15) is 29.4 Å². The normalized spacial score (nSPS) is 21.6. The minimum absolute atomic E-state index is 0.0176. The number of phenolic OH excluding ortho intramolecular Hbond substituents is 1. The average molecular weight is 585 g/mol. The lowest BCUT2D eigenvalue weighted by molar-refractivity contribution is -0.0800. The molecule has 4 aromatic rings. The Morgan fingerprint density at radius 1 is 1.00 bits per heavy atom. The van der Waals surface area contributed by atoms with Gasteiger partial charge in [0.25, 0.3) is 0 Å². The first-order valence-corrected chi connectivity index (χ1v) is 15.6. The van der Waals surface area contributed by atoms with Gasteiger partial charge in [-0.2, -0.15) is 9.97 Å². The molecule has 6 heterocycles. The van der Waals surface area contributed by atoms with Gasteiger partial charge in [-0.1, -0.05) is 24.3 Å². The molecular weight excluding hydrogens is 547 g/mol. The smallest absolute Gasteiger partial charge is 0.319 e. The molecule has 0 unspecified atom stereocenters. The van der Waals surface area contributed by atoms with Crippen LogP contribution in [-0.4, -0.2) is 88.6 Å². The van der Waals surface area contributed by atoms with E-state index in [1.165, 1.54) is 12.8 Å². The Bertz CT molecular complexity index is 1670. The highest BCUT2D eigenvalue weighted by atomic mass is 19.1. The molecule has 224 valence electrons. The van der Waals surface area contributed by atoms with Gasteiger partial charge >= 0.3 is 6.01 Å². The Hall–Kier alpha value is -3.60. The monoisotopic (exact) mass is 584 g/mol. The molecule has 2 aromatic carbocycles. The number of pyridine rings is 1. The number of hydrogen-bond donors (Lipinski definition) is 2. The summed E-state index contributed by atoms with van der Waals surface area (Å²) < 4.78 is 29.2. The Kier molecular flexibility index (Phi) is 6.61. The van der Waals surface area contributed by atoms with Crippen LogP contribution >= 0.6 is 0 Å². The molecule has 8 rings (SSSR count). The number of aromatic hydroxyl groups is 1. The van der Waals surface area contributed by atoms with Crippen LogP contribution in [0.1, 0.15) is 38.5 Å². The number of halogens is 1. The number of anilines is 1. The first kappa shape index (κ1) is 27.0. The van der Waals surface area contributed by atoms with E-state index >= 15 is 4.39 Å². The summed E-state index contributed by atoms with van der Waals surface area (Å²) >= 11 is 0. The number of rotatable bonds is 5. The molecule has 4 fully saturated rings. The first-order valence-electron chi connectivity index (χ1n) is 15.6. The zero-order valence-electron chi connectivity index (χ0n) is 24.3. The highest BCUT2D eigenvalue weighted by molar-refractivity contribution is 5.99. The number of morpholine rings is 1. The quantitative estimate of drug-likeness (QED) is 0.347. The van der Waals surface area contributed by atoms with Crippen molar-refractivity contribution in [3.05, 3.63) is 48.4 Å². The molecule has 10 heteroatoms. The molecule has 2 N–H and O–H groups in total. The number of hydrogen-bond acceptors (Lipinski definition) is 9. The Morgan fingerprint density at radius 3 is 2.60 bits per heavy atom. The summed E-state index contributed by atoms with van der Waals surface area (Å²) in [4.78, 5) is 18.9. The number of benzene rings is 2. The molecule has 0 radical (unpaired) electrons. The number of fused-ring (bicyclic) bond motifs is 3. The second-order valence-corrected chi connectivity index (χ2v) is 12.6. The predicted molar refractivity (Wildman–Crippen MR) is 163 cm³/mol. The fourth-order valence-electron chi connectivity index (χ4n) is 7.82. The largest absolute Gasteiger partial charge is 0.508 e. The molecule has 1 spiro atoms. The third-order valence-corrected chi connectivity index (χ3v) is 10.1. The summed E-state index contributed by atoms with van der Waals surface area (Å²) in [6, 6.07) is 11.0. The van der Waals surface area contributed by atoms with Crippen molar-refractivity contribution in [1.29, 1.82) is 0 Å². The van der Waals surface area contributed by atoms with Crippen molar-refractivity contribution in [3.8, 4) is 23.0 Å². The molecule has 9 nitrogen and oxygen atoms in total.